The van der Waals surface area contributed by atoms with E-state index in [1.165, 1.54) is 5.56 Å². The normalized spacial score (nSPS) is 14.6. The number of hydrogen-bond donors (Lipinski definition) is 1. The van der Waals surface area contributed by atoms with Crippen molar-refractivity contribution >= 4 is 5.65 Å². The molecule has 40 heavy (non-hydrogen) atoms. The molecule has 0 radical (unpaired) electrons. The van der Waals surface area contributed by atoms with E-state index in [4.69, 9.17) is 4.98 Å². The summed E-state index contributed by atoms with van der Waals surface area (Å²) >= 11 is 0. The van der Waals surface area contributed by atoms with Crippen molar-refractivity contribution in [1.29, 1.82) is 0 Å². The van der Waals surface area contributed by atoms with E-state index in [-0.39, 0.29) is 0 Å². The first-order valence-corrected chi connectivity index (χ1v) is 13.6. The van der Waals surface area contributed by atoms with Gasteiger partial charge in [0.2, 0.25) is 0 Å². The average molecular weight is 528 g/mol. The van der Waals surface area contributed by atoms with Gasteiger partial charge in [0.15, 0.2) is 17.5 Å². The molecule has 0 amide bonds. The summed E-state index contributed by atoms with van der Waals surface area (Å²) in [6.45, 7) is 4.96. The molecule has 2 aromatic carbocycles. The smallest absolute Gasteiger partial charge is 0.197 e. The maximum absolute atomic E-state index is 5.01. The largest absolute Gasteiger partial charge is 0.299 e. The summed E-state index contributed by atoms with van der Waals surface area (Å²) < 4.78 is 2.05. The molecule has 6 aromatic rings. The number of aryl methyl sites for hydroxylation is 1. The number of fused-ring (bicyclic) bond motifs is 1. The number of aromatic nitrogens is 8. The highest BCUT2D eigenvalue weighted by Crippen LogP contribution is 2.34. The molecule has 1 aliphatic rings. The lowest BCUT2D eigenvalue weighted by molar-refractivity contribution is 0.202. The van der Waals surface area contributed by atoms with Crippen molar-refractivity contribution in [1.82, 2.24) is 44.4 Å². The van der Waals surface area contributed by atoms with Crippen LogP contribution in [0.25, 0.3) is 39.7 Å². The first kappa shape index (κ1) is 24.3. The third-order valence-corrected chi connectivity index (χ3v) is 7.65. The van der Waals surface area contributed by atoms with Crippen molar-refractivity contribution in [3.8, 4) is 34.0 Å². The van der Waals surface area contributed by atoms with Crippen LogP contribution in [0.5, 0.6) is 0 Å². The molecule has 9 nitrogen and oxygen atoms in total. The molecular weight excluding hydrogens is 498 g/mol. The zero-order valence-electron chi connectivity index (χ0n) is 22.3. The Bertz CT molecular complexity index is 1730. The number of hydrogen-bond acceptors (Lipinski definition) is 7. The van der Waals surface area contributed by atoms with Crippen LogP contribution in [0.4, 0.5) is 0 Å². The Morgan fingerprint density at radius 2 is 1.60 bits per heavy atom. The van der Waals surface area contributed by atoms with Gasteiger partial charge in [0.05, 0.1) is 11.3 Å². The maximum atomic E-state index is 5.01. The van der Waals surface area contributed by atoms with Crippen LogP contribution in [0.1, 0.15) is 36.0 Å². The number of benzene rings is 2. The monoisotopic (exact) mass is 527 g/mol. The van der Waals surface area contributed by atoms with Crippen LogP contribution < -0.4 is 0 Å². The quantitative estimate of drug-likeness (QED) is 0.313. The van der Waals surface area contributed by atoms with Crippen molar-refractivity contribution in [3.05, 3.63) is 103 Å². The van der Waals surface area contributed by atoms with Crippen molar-refractivity contribution in [2.45, 2.75) is 32.2 Å². The first-order valence-electron chi connectivity index (χ1n) is 13.6. The third kappa shape index (κ3) is 4.65. The molecule has 0 spiro atoms. The third-order valence-electron chi connectivity index (χ3n) is 7.65. The van der Waals surface area contributed by atoms with E-state index in [2.05, 4.69) is 88.0 Å². The molecule has 1 saturated heterocycles. The van der Waals surface area contributed by atoms with Crippen LogP contribution in [0, 0.1) is 6.92 Å². The van der Waals surface area contributed by atoms with Crippen LogP contribution in [-0.4, -0.2) is 57.5 Å². The zero-order chi connectivity index (χ0) is 26.9. The second-order valence-electron chi connectivity index (χ2n) is 10.2. The van der Waals surface area contributed by atoms with E-state index in [9.17, 15) is 0 Å². The number of nitrogens with one attached hydrogen (secondary N) is 1. The summed E-state index contributed by atoms with van der Waals surface area (Å²) in [6.07, 6.45) is 9.29. The van der Waals surface area contributed by atoms with Crippen molar-refractivity contribution < 1.29 is 0 Å². The number of rotatable bonds is 6. The highest BCUT2D eigenvalue weighted by atomic mass is 15.2. The van der Waals surface area contributed by atoms with Gasteiger partial charge in [0.1, 0.15) is 11.5 Å². The summed E-state index contributed by atoms with van der Waals surface area (Å²) in [5.74, 6) is 3.33. The van der Waals surface area contributed by atoms with Gasteiger partial charge in [-0.05, 0) is 50.0 Å². The second kappa shape index (κ2) is 10.4. The fourth-order valence-electron chi connectivity index (χ4n) is 5.56. The molecule has 0 bridgehead atoms. The Hall–Kier alpha value is -4.76. The van der Waals surface area contributed by atoms with Gasteiger partial charge in [-0.3, -0.25) is 14.4 Å². The second-order valence-corrected chi connectivity index (χ2v) is 10.2. The zero-order valence-corrected chi connectivity index (χ0v) is 22.3. The fourth-order valence-corrected chi connectivity index (χ4v) is 5.56. The molecule has 4 aromatic heterocycles. The Kier molecular flexibility index (Phi) is 6.33. The average Bonchev–Trinajstić information content (AvgIpc) is 3.70. The summed E-state index contributed by atoms with van der Waals surface area (Å²) in [4.78, 5) is 25.4. The van der Waals surface area contributed by atoms with Gasteiger partial charge in [-0.15, -0.1) is 0 Å². The molecule has 0 aliphatic carbocycles. The number of H-pyrrole nitrogens is 1. The lowest BCUT2D eigenvalue weighted by Crippen LogP contribution is -2.32. The lowest BCUT2D eigenvalue weighted by Gasteiger charge is -2.30. The molecule has 1 N–H and O–H groups in total. The number of nitrogens with zero attached hydrogens (tertiary/aromatic N) is 8. The SMILES string of the molecule is Cc1nc(-c2ccc(CN3CCC(c4n[nH]c(-c5ncccn5)n4)CC3)cc2)c(-c2ccccc2)c2nccn12. The van der Waals surface area contributed by atoms with Gasteiger partial charge in [-0.25, -0.2) is 24.9 Å². The van der Waals surface area contributed by atoms with Crippen LogP contribution in [0.15, 0.2) is 85.5 Å². The van der Waals surface area contributed by atoms with E-state index in [1.807, 2.05) is 25.4 Å². The molecule has 0 saturated carbocycles. The summed E-state index contributed by atoms with van der Waals surface area (Å²) in [5, 5.41) is 7.47. The van der Waals surface area contributed by atoms with Crippen molar-refractivity contribution in [2.75, 3.05) is 13.1 Å². The molecular formula is C31H29N9. The number of aromatic amines is 1. The first-order chi connectivity index (χ1) is 19.7. The Morgan fingerprint density at radius 3 is 2.38 bits per heavy atom. The lowest BCUT2D eigenvalue weighted by atomic mass is 9.95. The minimum absolute atomic E-state index is 0.343. The van der Waals surface area contributed by atoms with Crippen LogP contribution in [0.3, 0.4) is 0 Å². The number of likely N-dealkylation sites (tertiary alicyclic amines) is 1. The van der Waals surface area contributed by atoms with Crippen LogP contribution in [-0.2, 0) is 6.54 Å². The molecule has 1 aliphatic heterocycles. The summed E-state index contributed by atoms with van der Waals surface area (Å²) in [5.41, 5.74) is 6.45. The van der Waals surface area contributed by atoms with Crippen LogP contribution in [0.2, 0.25) is 0 Å². The molecule has 5 heterocycles. The molecule has 1 fully saturated rings. The van der Waals surface area contributed by atoms with Crippen LogP contribution >= 0.6 is 0 Å². The predicted octanol–water partition coefficient (Wildman–Crippen LogP) is 5.33. The van der Waals surface area contributed by atoms with E-state index in [1.54, 1.807) is 18.5 Å². The predicted molar refractivity (Wildman–Crippen MR) is 153 cm³/mol. The standard InChI is InChI=1S/C31H29N9/c1-21-35-27(26(23-6-3-2-4-7-23)31-34-16-19-40(21)31)24-10-8-22(9-11-24)20-39-17-12-25(13-18-39)28-36-30(38-37-28)29-32-14-5-15-33-29/h2-11,14-16,19,25H,12-13,17-18,20H2,1H3,(H,36,37,38). The summed E-state index contributed by atoms with van der Waals surface area (Å²) in [6, 6.07) is 21.0. The molecule has 9 heteroatoms. The molecule has 198 valence electrons. The Balaban J connectivity index is 1.06. The van der Waals surface area contributed by atoms with Gasteiger partial charge < -0.3 is 0 Å². The summed E-state index contributed by atoms with van der Waals surface area (Å²) in [7, 11) is 0. The van der Waals surface area contributed by atoms with E-state index < -0.39 is 0 Å². The minimum atomic E-state index is 0.343. The van der Waals surface area contributed by atoms with Gasteiger partial charge in [-0.1, -0.05) is 54.6 Å². The van der Waals surface area contributed by atoms with E-state index >= 15 is 0 Å². The number of imidazole rings is 1. The van der Waals surface area contributed by atoms with Gasteiger partial charge in [0, 0.05) is 42.8 Å². The minimum Gasteiger partial charge on any atom is -0.299 e. The van der Waals surface area contributed by atoms with E-state index in [0.29, 0.717) is 17.6 Å². The molecule has 0 atom stereocenters. The molecule has 0 unspecified atom stereocenters. The maximum Gasteiger partial charge on any atom is 0.197 e. The Labute approximate surface area is 232 Å². The Morgan fingerprint density at radius 1 is 0.825 bits per heavy atom. The van der Waals surface area contributed by atoms with Crippen molar-refractivity contribution in [3.63, 3.8) is 0 Å². The highest BCUT2D eigenvalue weighted by Gasteiger charge is 2.24. The number of piperidine rings is 1. The van der Waals surface area contributed by atoms with E-state index in [0.717, 1.165) is 72.2 Å². The molecule has 7 rings (SSSR count). The highest BCUT2D eigenvalue weighted by molar-refractivity contribution is 5.90. The van der Waals surface area contributed by atoms with Gasteiger partial charge in [0.25, 0.3) is 0 Å². The van der Waals surface area contributed by atoms with Gasteiger partial charge >= 0.3 is 0 Å². The topological polar surface area (TPSA) is 101 Å². The van der Waals surface area contributed by atoms with Gasteiger partial charge in [-0.2, -0.15) is 5.10 Å². The van der Waals surface area contributed by atoms with Crippen molar-refractivity contribution in [2.24, 2.45) is 0 Å². The fraction of sp³-hybridized carbons (Fsp3) is 0.226.